The van der Waals surface area contributed by atoms with E-state index in [-0.39, 0.29) is 23.8 Å². The predicted molar refractivity (Wildman–Crippen MR) is 104 cm³/mol. The van der Waals surface area contributed by atoms with E-state index in [4.69, 9.17) is 0 Å². The van der Waals surface area contributed by atoms with E-state index in [9.17, 15) is 13.2 Å². The summed E-state index contributed by atoms with van der Waals surface area (Å²) in [6.07, 6.45) is 8.76. The van der Waals surface area contributed by atoms with Gasteiger partial charge in [-0.25, -0.2) is 8.42 Å². The van der Waals surface area contributed by atoms with Gasteiger partial charge in [0.1, 0.15) is 5.84 Å². The number of nitrogens with one attached hydrogen (secondary N) is 2. The lowest BCUT2D eigenvalue weighted by Crippen LogP contribution is -2.26. The van der Waals surface area contributed by atoms with Gasteiger partial charge >= 0.3 is 0 Å². The van der Waals surface area contributed by atoms with Crippen molar-refractivity contribution in [1.82, 2.24) is 10.0 Å². The molecule has 0 aliphatic carbocycles. The number of carbonyl (C=O) groups excluding carboxylic acids is 1. The predicted octanol–water partition coefficient (Wildman–Crippen LogP) is 2.98. The van der Waals surface area contributed by atoms with Gasteiger partial charge in [0.25, 0.3) is 10.0 Å². The molecule has 0 fully saturated rings. The minimum atomic E-state index is -3.52. The summed E-state index contributed by atoms with van der Waals surface area (Å²) in [4.78, 5) is 16.3. The quantitative estimate of drug-likeness (QED) is 0.579. The Balaban J connectivity index is 1.65. The highest BCUT2D eigenvalue weighted by molar-refractivity contribution is 7.90. The molecule has 1 aliphatic heterocycles. The van der Waals surface area contributed by atoms with E-state index in [1.165, 1.54) is 32.1 Å². The molecule has 0 radical (unpaired) electrons. The van der Waals surface area contributed by atoms with Gasteiger partial charge in [-0.2, -0.15) is 0 Å². The van der Waals surface area contributed by atoms with Gasteiger partial charge in [-0.1, -0.05) is 57.6 Å². The number of sulfonamides is 1. The highest BCUT2D eigenvalue weighted by Crippen LogP contribution is 2.22. The van der Waals surface area contributed by atoms with E-state index >= 15 is 0 Å². The number of hydrogen-bond acceptors (Lipinski definition) is 4. The van der Waals surface area contributed by atoms with Crippen molar-refractivity contribution in [2.24, 2.45) is 4.99 Å². The van der Waals surface area contributed by atoms with Crippen LogP contribution in [-0.2, 0) is 14.8 Å². The SMILES string of the molecule is CCCCCCCCCNC(=O)CCN=C1NS(=O)(=O)c2ccccc21. The maximum absolute atomic E-state index is 12.0. The topological polar surface area (TPSA) is 87.6 Å². The zero-order valence-electron chi connectivity index (χ0n) is 15.5. The first-order valence-electron chi connectivity index (χ1n) is 9.48. The number of aliphatic imine (C=N–C) groups is 1. The molecule has 26 heavy (non-hydrogen) atoms. The molecule has 0 unspecified atom stereocenters. The van der Waals surface area contributed by atoms with Crippen LogP contribution in [-0.4, -0.2) is 33.3 Å². The highest BCUT2D eigenvalue weighted by Gasteiger charge is 2.29. The number of unbranched alkanes of at least 4 members (excludes halogenated alkanes) is 6. The van der Waals surface area contributed by atoms with Crippen molar-refractivity contribution in [2.75, 3.05) is 13.1 Å². The fraction of sp³-hybridized carbons (Fsp3) is 0.579. The molecule has 1 aromatic rings. The summed E-state index contributed by atoms with van der Waals surface area (Å²) in [5, 5.41) is 2.90. The second kappa shape index (κ2) is 10.3. The molecule has 144 valence electrons. The van der Waals surface area contributed by atoms with E-state index in [2.05, 4.69) is 22.0 Å². The van der Waals surface area contributed by atoms with Gasteiger partial charge in [0.2, 0.25) is 5.91 Å². The van der Waals surface area contributed by atoms with Crippen LogP contribution in [0.1, 0.15) is 63.9 Å². The zero-order chi connectivity index (χ0) is 18.8. The smallest absolute Gasteiger partial charge is 0.263 e. The van der Waals surface area contributed by atoms with Crippen molar-refractivity contribution in [1.29, 1.82) is 0 Å². The largest absolute Gasteiger partial charge is 0.356 e. The summed E-state index contributed by atoms with van der Waals surface area (Å²) in [5.74, 6) is 0.273. The van der Waals surface area contributed by atoms with Gasteiger partial charge in [-0.3, -0.25) is 14.5 Å². The van der Waals surface area contributed by atoms with E-state index in [1.807, 2.05) is 0 Å². The van der Waals surface area contributed by atoms with E-state index < -0.39 is 10.0 Å². The standard InChI is InChI=1S/C19H29N3O3S/c1-2-3-4-5-6-7-10-14-20-18(23)13-15-21-19-16-11-8-9-12-17(16)26(24,25)22-19/h8-9,11-12H,2-7,10,13-15H2,1H3,(H,20,23)(H,21,22). The third-order valence-electron chi connectivity index (χ3n) is 4.37. The molecule has 0 saturated heterocycles. The van der Waals surface area contributed by atoms with Crippen molar-refractivity contribution >= 4 is 21.8 Å². The minimum absolute atomic E-state index is 0.0468. The second-order valence-electron chi connectivity index (χ2n) is 6.55. The lowest BCUT2D eigenvalue weighted by Gasteiger charge is -2.05. The third-order valence-corrected chi connectivity index (χ3v) is 5.77. The molecule has 0 atom stereocenters. The fourth-order valence-electron chi connectivity index (χ4n) is 2.92. The van der Waals surface area contributed by atoms with Crippen LogP contribution in [0.15, 0.2) is 34.2 Å². The number of carbonyl (C=O) groups is 1. The normalized spacial score (nSPS) is 16.3. The van der Waals surface area contributed by atoms with Crippen molar-refractivity contribution < 1.29 is 13.2 Å². The first kappa shape index (κ1) is 20.4. The molecule has 1 heterocycles. The number of amidine groups is 1. The van der Waals surface area contributed by atoms with Crippen LogP contribution in [0.5, 0.6) is 0 Å². The average Bonchev–Trinajstić information content (AvgIpc) is 2.88. The van der Waals surface area contributed by atoms with Gasteiger partial charge in [-0.15, -0.1) is 0 Å². The van der Waals surface area contributed by atoms with Crippen molar-refractivity contribution in [3.63, 3.8) is 0 Å². The Morgan fingerprint density at radius 2 is 1.77 bits per heavy atom. The van der Waals surface area contributed by atoms with Crippen LogP contribution in [0, 0.1) is 0 Å². The maximum atomic E-state index is 12.0. The fourth-order valence-corrected chi connectivity index (χ4v) is 4.17. The summed E-state index contributed by atoms with van der Waals surface area (Å²) in [6.45, 7) is 3.16. The van der Waals surface area contributed by atoms with Crippen LogP contribution < -0.4 is 10.0 Å². The maximum Gasteiger partial charge on any atom is 0.263 e. The molecule has 0 bridgehead atoms. The highest BCUT2D eigenvalue weighted by atomic mass is 32.2. The third kappa shape index (κ3) is 6.12. The zero-order valence-corrected chi connectivity index (χ0v) is 16.3. The van der Waals surface area contributed by atoms with Gasteiger partial charge in [0.15, 0.2) is 0 Å². The molecular weight excluding hydrogens is 350 g/mol. The Hall–Kier alpha value is -1.89. The first-order valence-corrected chi connectivity index (χ1v) is 11.0. The van der Waals surface area contributed by atoms with Crippen LogP contribution in [0.3, 0.4) is 0 Å². The lowest BCUT2D eigenvalue weighted by atomic mass is 10.1. The summed E-state index contributed by atoms with van der Waals surface area (Å²) in [6, 6.07) is 6.71. The number of benzene rings is 1. The molecule has 7 heteroatoms. The molecule has 6 nitrogen and oxygen atoms in total. The van der Waals surface area contributed by atoms with Crippen molar-refractivity contribution in [3.05, 3.63) is 29.8 Å². The second-order valence-corrected chi connectivity index (χ2v) is 8.20. The van der Waals surface area contributed by atoms with Crippen LogP contribution >= 0.6 is 0 Å². The molecule has 1 aromatic carbocycles. The van der Waals surface area contributed by atoms with Gasteiger partial charge in [0, 0.05) is 18.5 Å². The number of fused-ring (bicyclic) bond motifs is 1. The Morgan fingerprint density at radius 3 is 2.54 bits per heavy atom. The van der Waals surface area contributed by atoms with E-state index in [0.29, 0.717) is 17.9 Å². The van der Waals surface area contributed by atoms with Gasteiger partial charge < -0.3 is 5.32 Å². The number of rotatable bonds is 11. The van der Waals surface area contributed by atoms with Crippen molar-refractivity contribution in [3.8, 4) is 0 Å². The Morgan fingerprint density at radius 1 is 1.08 bits per heavy atom. The summed E-state index contributed by atoms with van der Waals surface area (Å²) < 4.78 is 26.4. The monoisotopic (exact) mass is 379 g/mol. The lowest BCUT2D eigenvalue weighted by molar-refractivity contribution is -0.120. The summed E-state index contributed by atoms with van der Waals surface area (Å²) in [7, 11) is -3.52. The van der Waals surface area contributed by atoms with E-state index in [1.54, 1.807) is 24.3 Å². The Bertz CT molecular complexity index is 729. The molecule has 0 spiro atoms. The minimum Gasteiger partial charge on any atom is -0.356 e. The molecule has 0 aromatic heterocycles. The Labute approximate surface area is 156 Å². The van der Waals surface area contributed by atoms with E-state index in [0.717, 1.165) is 12.8 Å². The molecule has 1 amide bonds. The van der Waals surface area contributed by atoms with Gasteiger partial charge in [0.05, 0.1) is 11.4 Å². The molecule has 0 saturated carbocycles. The van der Waals surface area contributed by atoms with Crippen LogP contribution in [0.25, 0.3) is 0 Å². The average molecular weight is 380 g/mol. The molecule has 2 N–H and O–H groups in total. The number of nitrogens with zero attached hydrogens (tertiary/aromatic N) is 1. The molecular formula is C19H29N3O3S. The van der Waals surface area contributed by atoms with Gasteiger partial charge in [-0.05, 0) is 18.6 Å². The van der Waals surface area contributed by atoms with Crippen LogP contribution in [0.4, 0.5) is 0 Å². The van der Waals surface area contributed by atoms with Crippen LogP contribution in [0.2, 0.25) is 0 Å². The number of hydrogen-bond donors (Lipinski definition) is 2. The number of amides is 1. The molecule has 2 rings (SSSR count). The first-order chi connectivity index (χ1) is 12.5. The summed E-state index contributed by atoms with van der Waals surface area (Å²) in [5.41, 5.74) is 0.566. The Kier molecular flexibility index (Phi) is 8.09. The van der Waals surface area contributed by atoms with Crippen molar-refractivity contribution in [2.45, 2.75) is 63.2 Å². The molecule has 1 aliphatic rings. The summed E-state index contributed by atoms with van der Waals surface area (Å²) >= 11 is 0.